The first-order valence-corrected chi connectivity index (χ1v) is 7.25. The van der Waals surface area contributed by atoms with Gasteiger partial charge in [0, 0.05) is 9.79 Å². The van der Waals surface area contributed by atoms with Crippen LogP contribution in [0.3, 0.4) is 0 Å². The standard InChI is InChI=1S/C14H7Cl2NO2S/c15-8-3-1-2-4-11(8)20-12-6-10-7(5-9(12)16)13(18)14(19)17-10/h1-6H,(H,17,18,19). The number of fused-ring (bicyclic) bond motifs is 1. The molecule has 0 atom stereocenters. The molecule has 0 bridgehead atoms. The lowest BCUT2D eigenvalue weighted by Gasteiger charge is -2.08. The van der Waals surface area contributed by atoms with Crippen LogP contribution in [0.15, 0.2) is 46.2 Å². The van der Waals surface area contributed by atoms with Crippen molar-refractivity contribution in [2.75, 3.05) is 5.32 Å². The third-order valence-electron chi connectivity index (χ3n) is 2.83. The maximum absolute atomic E-state index is 11.6. The number of Topliss-reactive ketones (excluding diaryl/α,β-unsaturated/α-hetero) is 1. The van der Waals surface area contributed by atoms with Crippen molar-refractivity contribution < 1.29 is 9.59 Å². The van der Waals surface area contributed by atoms with Gasteiger partial charge in [0.15, 0.2) is 0 Å². The Morgan fingerprint density at radius 2 is 1.70 bits per heavy atom. The number of hydrogen-bond acceptors (Lipinski definition) is 3. The van der Waals surface area contributed by atoms with E-state index >= 15 is 0 Å². The molecule has 6 heteroatoms. The van der Waals surface area contributed by atoms with Crippen molar-refractivity contribution in [1.29, 1.82) is 0 Å². The van der Waals surface area contributed by atoms with Crippen molar-refractivity contribution in [3.8, 4) is 0 Å². The van der Waals surface area contributed by atoms with Crippen molar-refractivity contribution >= 4 is 52.3 Å². The van der Waals surface area contributed by atoms with Crippen LogP contribution in [0.1, 0.15) is 10.4 Å². The first-order chi connectivity index (χ1) is 9.56. The highest BCUT2D eigenvalue weighted by Crippen LogP contribution is 2.40. The largest absolute Gasteiger partial charge is 0.318 e. The number of benzene rings is 2. The summed E-state index contributed by atoms with van der Waals surface area (Å²) in [6.07, 6.45) is 0. The minimum absolute atomic E-state index is 0.309. The second-order valence-electron chi connectivity index (χ2n) is 4.14. The van der Waals surface area contributed by atoms with Crippen molar-refractivity contribution in [1.82, 2.24) is 0 Å². The van der Waals surface area contributed by atoms with Gasteiger partial charge < -0.3 is 5.32 Å². The van der Waals surface area contributed by atoms with Crippen LogP contribution in [0.4, 0.5) is 5.69 Å². The molecule has 1 aliphatic heterocycles. The summed E-state index contributed by atoms with van der Waals surface area (Å²) in [5.41, 5.74) is 0.794. The molecule has 0 unspecified atom stereocenters. The minimum Gasteiger partial charge on any atom is -0.318 e. The third kappa shape index (κ3) is 2.30. The monoisotopic (exact) mass is 323 g/mol. The van der Waals surface area contributed by atoms with Crippen LogP contribution in [0.5, 0.6) is 0 Å². The second-order valence-corrected chi connectivity index (χ2v) is 6.04. The van der Waals surface area contributed by atoms with Gasteiger partial charge in [-0.3, -0.25) is 9.59 Å². The van der Waals surface area contributed by atoms with E-state index in [4.69, 9.17) is 23.2 Å². The van der Waals surface area contributed by atoms with Gasteiger partial charge in [-0.15, -0.1) is 0 Å². The summed E-state index contributed by atoms with van der Waals surface area (Å²) in [5.74, 6) is -1.19. The second kappa shape index (κ2) is 5.13. The molecule has 0 aliphatic carbocycles. The molecule has 0 saturated heterocycles. The predicted octanol–water partition coefficient (Wildman–Crippen LogP) is 4.28. The highest BCUT2D eigenvalue weighted by atomic mass is 35.5. The quantitative estimate of drug-likeness (QED) is 0.839. The Balaban J connectivity index is 2.01. The molecular formula is C14H7Cl2NO2S. The number of rotatable bonds is 2. The summed E-state index contributed by atoms with van der Waals surface area (Å²) in [7, 11) is 0. The number of carbonyl (C=O) groups is 2. The molecule has 0 aromatic heterocycles. The molecule has 20 heavy (non-hydrogen) atoms. The molecule has 2 aromatic carbocycles. The zero-order valence-corrected chi connectivity index (χ0v) is 12.3. The molecule has 0 spiro atoms. The van der Waals surface area contributed by atoms with E-state index in [1.807, 2.05) is 18.2 Å². The molecule has 1 N–H and O–H groups in total. The average Bonchev–Trinajstić information content (AvgIpc) is 2.69. The van der Waals surface area contributed by atoms with Crippen LogP contribution >= 0.6 is 35.0 Å². The van der Waals surface area contributed by atoms with Crippen LogP contribution < -0.4 is 5.32 Å². The lowest BCUT2D eigenvalue weighted by Crippen LogP contribution is -2.12. The number of carbonyl (C=O) groups excluding carboxylic acids is 2. The van der Waals surface area contributed by atoms with Crippen LogP contribution in [-0.2, 0) is 4.79 Å². The number of ketones is 1. The molecule has 0 saturated carbocycles. The maximum Gasteiger partial charge on any atom is 0.296 e. The third-order valence-corrected chi connectivity index (χ3v) is 4.83. The van der Waals surface area contributed by atoms with Gasteiger partial charge in [0.25, 0.3) is 11.7 Å². The fraction of sp³-hybridized carbons (Fsp3) is 0. The molecule has 0 radical (unpaired) electrons. The summed E-state index contributed by atoms with van der Waals surface area (Å²) in [6.45, 7) is 0. The molecule has 1 aliphatic rings. The lowest BCUT2D eigenvalue weighted by molar-refractivity contribution is -0.112. The zero-order chi connectivity index (χ0) is 14.3. The first kappa shape index (κ1) is 13.5. The summed E-state index contributed by atoms with van der Waals surface area (Å²) >= 11 is 13.7. The van der Waals surface area contributed by atoms with Crippen molar-refractivity contribution in [2.24, 2.45) is 0 Å². The molecule has 3 rings (SSSR count). The molecule has 1 heterocycles. The summed E-state index contributed by atoms with van der Waals surface area (Å²) in [4.78, 5) is 24.5. The van der Waals surface area contributed by atoms with Gasteiger partial charge in [-0.2, -0.15) is 0 Å². The Morgan fingerprint density at radius 1 is 0.950 bits per heavy atom. The van der Waals surface area contributed by atoms with Crippen LogP contribution in [0.2, 0.25) is 10.0 Å². The molecular weight excluding hydrogens is 317 g/mol. The van der Waals surface area contributed by atoms with E-state index in [1.54, 1.807) is 12.1 Å². The number of anilines is 1. The smallest absolute Gasteiger partial charge is 0.296 e. The van der Waals surface area contributed by atoms with Crippen molar-refractivity contribution in [3.63, 3.8) is 0 Å². The van der Waals surface area contributed by atoms with Gasteiger partial charge in [0.1, 0.15) is 0 Å². The Kier molecular flexibility index (Phi) is 3.46. The van der Waals surface area contributed by atoms with E-state index < -0.39 is 11.7 Å². The lowest BCUT2D eigenvalue weighted by atomic mass is 10.1. The minimum atomic E-state index is -0.629. The highest BCUT2D eigenvalue weighted by Gasteiger charge is 2.29. The first-order valence-electron chi connectivity index (χ1n) is 5.68. The van der Waals surface area contributed by atoms with E-state index in [0.717, 1.165) is 9.79 Å². The van der Waals surface area contributed by atoms with Crippen LogP contribution in [-0.4, -0.2) is 11.7 Å². The Hall–Kier alpha value is -1.49. The highest BCUT2D eigenvalue weighted by molar-refractivity contribution is 7.99. The fourth-order valence-electron chi connectivity index (χ4n) is 1.87. The number of nitrogens with one attached hydrogen (secondary N) is 1. The summed E-state index contributed by atoms with van der Waals surface area (Å²) in [6, 6.07) is 10.6. The molecule has 1 amide bonds. The average molecular weight is 324 g/mol. The van der Waals surface area contributed by atoms with E-state index in [1.165, 1.54) is 17.8 Å². The molecule has 0 fully saturated rings. The van der Waals surface area contributed by atoms with E-state index in [0.29, 0.717) is 21.3 Å². The van der Waals surface area contributed by atoms with E-state index in [2.05, 4.69) is 5.32 Å². The Labute approximate surface area is 129 Å². The normalized spacial score (nSPS) is 13.3. The van der Waals surface area contributed by atoms with Gasteiger partial charge in [-0.25, -0.2) is 0 Å². The van der Waals surface area contributed by atoms with Gasteiger partial charge in [0.05, 0.1) is 21.3 Å². The number of amides is 1. The SMILES string of the molecule is O=C1Nc2cc(Sc3ccccc3Cl)c(Cl)cc2C1=O. The molecule has 100 valence electrons. The Morgan fingerprint density at radius 3 is 2.45 bits per heavy atom. The summed E-state index contributed by atoms with van der Waals surface area (Å²) < 4.78 is 0. The Bertz CT molecular complexity index is 746. The van der Waals surface area contributed by atoms with Gasteiger partial charge in [-0.1, -0.05) is 47.1 Å². The van der Waals surface area contributed by atoms with Crippen LogP contribution in [0, 0.1) is 0 Å². The van der Waals surface area contributed by atoms with E-state index in [-0.39, 0.29) is 0 Å². The topological polar surface area (TPSA) is 46.2 Å². The molecule has 3 nitrogen and oxygen atoms in total. The van der Waals surface area contributed by atoms with Crippen molar-refractivity contribution in [2.45, 2.75) is 9.79 Å². The van der Waals surface area contributed by atoms with Gasteiger partial charge in [0.2, 0.25) is 0 Å². The van der Waals surface area contributed by atoms with E-state index in [9.17, 15) is 9.59 Å². The predicted molar refractivity (Wildman–Crippen MR) is 80.0 cm³/mol. The maximum atomic E-state index is 11.6. The van der Waals surface area contributed by atoms with Crippen molar-refractivity contribution in [3.05, 3.63) is 52.0 Å². The summed E-state index contributed by atoms with van der Waals surface area (Å²) in [5, 5.41) is 3.56. The zero-order valence-electron chi connectivity index (χ0n) is 9.94. The molecule has 2 aromatic rings. The van der Waals surface area contributed by atoms with Gasteiger partial charge >= 0.3 is 0 Å². The fourth-order valence-corrected chi connectivity index (χ4v) is 3.28. The van der Waals surface area contributed by atoms with Gasteiger partial charge in [-0.05, 0) is 24.3 Å². The van der Waals surface area contributed by atoms with Crippen LogP contribution in [0.25, 0.3) is 0 Å². The number of hydrogen-bond donors (Lipinski definition) is 1. The number of halogens is 2.